The molecule has 1 unspecified atom stereocenters. The van der Waals surface area contributed by atoms with E-state index in [1.807, 2.05) is 0 Å². The maximum atomic E-state index is 12.2. The summed E-state index contributed by atoms with van der Waals surface area (Å²) in [4.78, 5) is 35.8. The molecule has 9 nitrogen and oxygen atoms in total. The normalized spacial score (nSPS) is 13.3. The highest BCUT2D eigenvalue weighted by Crippen LogP contribution is 2.32. The molecule has 1 aromatic heterocycles. The van der Waals surface area contributed by atoms with E-state index in [4.69, 9.17) is 18.6 Å². The van der Waals surface area contributed by atoms with E-state index >= 15 is 0 Å². The Morgan fingerprint density at radius 2 is 1.93 bits per heavy atom. The molecule has 1 aromatic carbocycles. The molecule has 28 heavy (non-hydrogen) atoms. The lowest BCUT2D eigenvalue weighted by Crippen LogP contribution is -2.32. The van der Waals surface area contributed by atoms with Gasteiger partial charge in [-0.1, -0.05) is 0 Å². The molecule has 9 heteroatoms. The van der Waals surface area contributed by atoms with Crippen molar-refractivity contribution in [1.29, 1.82) is 0 Å². The molecular weight excluding hydrogens is 368 g/mol. The molecular formula is C19H20N2O7. The van der Waals surface area contributed by atoms with Gasteiger partial charge in [-0.05, 0) is 31.2 Å². The van der Waals surface area contributed by atoms with Crippen LogP contribution in [0.15, 0.2) is 41.0 Å². The Bertz CT molecular complexity index is 848. The minimum Gasteiger partial charge on any atom is -0.486 e. The average molecular weight is 388 g/mol. The van der Waals surface area contributed by atoms with Crippen molar-refractivity contribution in [2.24, 2.45) is 0 Å². The van der Waals surface area contributed by atoms with Crippen LogP contribution < -0.4 is 20.1 Å². The van der Waals surface area contributed by atoms with Crippen molar-refractivity contribution >= 4 is 23.5 Å². The van der Waals surface area contributed by atoms with Crippen LogP contribution >= 0.6 is 0 Å². The van der Waals surface area contributed by atoms with E-state index in [1.54, 1.807) is 24.3 Å². The molecule has 0 aliphatic carbocycles. The highest BCUT2D eigenvalue weighted by atomic mass is 16.6. The Balaban J connectivity index is 1.42. The lowest BCUT2D eigenvalue weighted by atomic mass is 10.2. The van der Waals surface area contributed by atoms with Gasteiger partial charge in [0.1, 0.15) is 13.2 Å². The zero-order chi connectivity index (χ0) is 19.9. The lowest BCUT2D eigenvalue weighted by molar-refractivity contribution is -0.153. The van der Waals surface area contributed by atoms with Crippen LogP contribution in [-0.4, -0.2) is 43.6 Å². The van der Waals surface area contributed by atoms with Crippen molar-refractivity contribution < 1.29 is 33.0 Å². The third kappa shape index (κ3) is 5.03. The van der Waals surface area contributed by atoms with E-state index in [9.17, 15) is 14.4 Å². The molecule has 2 aromatic rings. The fourth-order valence-corrected chi connectivity index (χ4v) is 2.45. The number of ether oxygens (including phenoxy) is 3. The van der Waals surface area contributed by atoms with Gasteiger partial charge in [0.2, 0.25) is 0 Å². The van der Waals surface area contributed by atoms with Crippen LogP contribution in [0.2, 0.25) is 0 Å². The summed E-state index contributed by atoms with van der Waals surface area (Å²) in [5.41, 5.74) is 0.503. The second-order valence-corrected chi connectivity index (χ2v) is 5.96. The fourth-order valence-electron chi connectivity index (χ4n) is 2.45. The molecule has 1 aliphatic rings. The number of furan rings is 1. The highest BCUT2D eigenvalue weighted by Gasteiger charge is 2.19. The van der Waals surface area contributed by atoms with E-state index in [2.05, 4.69) is 10.6 Å². The van der Waals surface area contributed by atoms with Gasteiger partial charge in [-0.2, -0.15) is 0 Å². The smallest absolute Gasteiger partial charge is 0.308 e. The van der Waals surface area contributed by atoms with Gasteiger partial charge in [-0.25, -0.2) is 0 Å². The van der Waals surface area contributed by atoms with Gasteiger partial charge in [0, 0.05) is 18.3 Å². The van der Waals surface area contributed by atoms with Gasteiger partial charge >= 0.3 is 5.97 Å². The number of fused-ring (bicyclic) bond motifs is 1. The van der Waals surface area contributed by atoms with E-state index in [1.165, 1.54) is 19.3 Å². The Morgan fingerprint density at radius 3 is 2.68 bits per heavy atom. The first-order valence-electron chi connectivity index (χ1n) is 8.74. The lowest BCUT2D eigenvalue weighted by Gasteiger charge is -2.19. The molecule has 2 N–H and O–H groups in total. The number of hydrogen-bond acceptors (Lipinski definition) is 7. The number of nitrogens with one attached hydrogen (secondary N) is 2. The van der Waals surface area contributed by atoms with Crippen LogP contribution in [0.25, 0.3) is 0 Å². The Labute approximate surface area is 160 Å². The SMILES string of the molecule is CC(OC(=O)CCNC(=O)c1ccco1)C(=O)Nc1ccc2c(c1)OCCO2. The zero-order valence-corrected chi connectivity index (χ0v) is 15.2. The molecule has 148 valence electrons. The van der Waals surface area contributed by atoms with Gasteiger partial charge in [-0.3, -0.25) is 14.4 Å². The fraction of sp³-hybridized carbons (Fsp3) is 0.316. The maximum Gasteiger partial charge on any atom is 0.308 e. The molecule has 0 saturated carbocycles. The summed E-state index contributed by atoms with van der Waals surface area (Å²) < 4.78 is 20.9. The molecule has 2 heterocycles. The van der Waals surface area contributed by atoms with Crippen LogP contribution in [-0.2, 0) is 14.3 Å². The van der Waals surface area contributed by atoms with E-state index in [-0.39, 0.29) is 18.7 Å². The highest BCUT2D eigenvalue weighted by molar-refractivity contribution is 5.95. The van der Waals surface area contributed by atoms with E-state index in [0.717, 1.165) is 0 Å². The standard InChI is InChI=1S/C19H20N2O7/c1-12(28-17(22)6-7-20-19(24)15-3-2-8-25-15)18(23)21-13-4-5-14-16(11-13)27-10-9-26-14/h2-5,8,11-12H,6-7,9-10H2,1H3,(H,20,24)(H,21,23). The van der Waals surface area contributed by atoms with Gasteiger partial charge in [0.25, 0.3) is 11.8 Å². The number of anilines is 1. The molecule has 0 saturated heterocycles. The van der Waals surface area contributed by atoms with Crippen molar-refractivity contribution in [2.75, 3.05) is 25.1 Å². The predicted molar refractivity (Wildman–Crippen MR) is 97.3 cm³/mol. The first-order valence-corrected chi connectivity index (χ1v) is 8.74. The van der Waals surface area contributed by atoms with Gasteiger partial charge in [0.05, 0.1) is 12.7 Å². The molecule has 1 aliphatic heterocycles. The quantitative estimate of drug-likeness (QED) is 0.694. The number of carbonyl (C=O) groups is 3. The number of rotatable bonds is 7. The van der Waals surface area contributed by atoms with Crippen LogP contribution in [0.5, 0.6) is 11.5 Å². The number of amides is 2. The molecule has 1 atom stereocenters. The van der Waals surface area contributed by atoms with Crippen molar-refractivity contribution in [3.63, 3.8) is 0 Å². The first kappa shape index (κ1) is 19.3. The summed E-state index contributed by atoms with van der Waals surface area (Å²) in [6, 6.07) is 8.11. The summed E-state index contributed by atoms with van der Waals surface area (Å²) in [7, 11) is 0. The number of benzene rings is 1. The van der Waals surface area contributed by atoms with E-state index in [0.29, 0.717) is 30.4 Å². The van der Waals surface area contributed by atoms with Crippen LogP contribution in [0.3, 0.4) is 0 Å². The number of carbonyl (C=O) groups excluding carboxylic acids is 3. The second kappa shape index (κ2) is 8.94. The van der Waals surface area contributed by atoms with Crippen molar-refractivity contribution in [1.82, 2.24) is 5.32 Å². The third-order valence-corrected chi connectivity index (χ3v) is 3.85. The average Bonchev–Trinajstić information content (AvgIpc) is 3.22. The third-order valence-electron chi connectivity index (χ3n) is 3.85. The summed E-state index contributed by atoms with van der Waals surface area (Å²) in [6.07, 6.45) is 0.306. The number of hydrogen-bond donors (Lipinski definition) is 2. The molecule has 0 radical (unpaired) electrons. The maximum absolute atomic E-state index is 12.2. The first-order chi connectivity index (χ1) is 13.5. The summed E-state index contributed by atoms with van der Waals surface area (Å²) >= 11 is 0. The summed E-state index contributed by atoms with van der Waals surface area (Å²) in [5.74, 6) is -0.210. The van der Waals surface area contributed by atoms with Crippen LogP contribution in [0.4, 0.5) is 5.69 Å². The monoisotopic (exact) mass is 388 g/mol. The van der Waals surface area contributed by atoms with Gasteiger partial charge < -0.3 is 29.3 Å². The Morgan fingerprint density at radius 1 is 1.14 bits per heavy atom. The number of esters is 1. The molecule has 0 spiro atoms. The van der Waals surface area contributed by atoms with Gasteiger partial charge in [0.15, 0.2) is 23.4 Å². The largest absolute Gasteiger partial charge is 0.486 e. The molecule has 2 amide bonds. The zero-order valence-electron chi connectivity index (χ0n) is 15.2. The minimum absolute atomic E-state index is 0.0644. The summed E-state index contributed by atoms with van der Waals surface area (Å²) in [6.45, 7) is 2.45. The minimum atomic E-state index is -0.999. The van der Waals surface area contributed by atoms with Crippen LogP contribution in [0, 0.1) is 0 Å². The van der Waals surface area contributed by atoms with Crippen molar-refractivity contribution in [3.8, 4) is 11.5 Å². The Hall–Kier alpha value is -3.49. The van der Waals surface area contributed by atoms with Crippen molar-refractivity contribution in [3.05, 3.63) is 42.4 Å². The topological polar surface area (TPSA) is 116 Å². The van der Waals surface area contributed by atoms with Crippen molar-refractivity contribution in [2.45, 2.75) is 19.4 Å². The summed E-state index contributed by atoms with van der Waals surface area (Å²) in [5, 5.41) is 5.18. The molecule has 0 fully saturated rings. The van der Waals surface area contributed by atoms with Gasteiger partial charge in [-0.15, -0.1) is 0 Å². The second-order valence-electron chi connectivity index (χ2n) is 5.96. The molecule has 0 bridgehead atoms. The molecule has 3 rings (SSSR count). The van der Waals surface area contributed by atoms with Crippen LogP contribution in [0.1, 0.15) is 23.9 Å². The Kier molecular flexibility index (Phi) is 6.15. The van der Waals surface area contributed by atoms with E-state index < -0.39 is 23.9 Å². The predicted octanol–water partition coefficient (Wildman–Crippen LogP) is 1.74.